The number of carboxylic acids is 1. The monoisotopic (exact) mass is 321 g/mol. The maximum Gasteiger partial charge on any atom is 0.336 e. The summed E-state index contributed by atoms with van der Waals surface area (Å²) in [6.07, 6.45) is 0. The maximum absolute atomic E-state index is 11.1. The van der Waals surface area contributed by atoms with Gasteiger partial charge in [0.05, 0.1) is 5.56 Å². The largest absolute Gasteiger partial charge is 0.478 e. The van der Waals surface area contributed by atoms with E-state index in [1.807, 2.05) is 13.8 Å². The van der Waals surface area contributed by atoms with E-state index in [0.29, 0.717) is 21.8 Å². The van der Waals surface area contributed by atoms with Crippen LogP contribution in [0.3, 0.4) is 0 Å². The molecule has 0 unspecified atom stereocenters. The van der Waals surface area contributed by atoms with Crippen LogP contribution in [0.2, 0.25) is 0 Å². The summed E-state index contributed by atoms with van der Waals surface area (Å²) in [6.45, 7) is 3.69. The van der Waals surface area contributed by atoms with Crippen LogP contribution in [0.5, 0.6) is 0 Å². The number of anilines is 2. The van der Waals surface area contributed by atoms with Gasteiger partial charge in [-0.15, -0.1) is 0 Å². The Kier molecular flexibility index (Phi) is 3.80. The van der Waals surface area contributed by atoms with E-state index in [0.717, 1.165) is 5.69 Å². The summed E-state index contributed by atoms with van der Waals surface area (Å²) < 4.78 is 0.542. The summed E-state index contributed by atoms with van der Waals surface area (Å²) in [5.41, 5.74) is 1.72. The molecule has 1 heterocycles. The first-order valence-corrected chi connectivity index (χ1v) is 6.37. The molecule has 19 heavy (non-hydrogen) atoms. The van der Waals surface area contributed by atoms with Gasteiger partial charge in [0.1, 0.15) is 11.6 Å². The average molecular weight is 322 g/mol. The maximum atomic E-state index is 11.1. The van der Waals surface area contributed by atoms with Crippen LogP contribution in [0.15, 0.2) is 28.7 Å². The lowest BCUT2D eigenvalue weighted by atomic mass is 10.2. The molecule has 0 aliphatic heterocycles. The van der Waals surface area contributed by atoms with Crippen molar-refractivity contribution in [2.24, 2.45) is 0 Å². The van der Waals surface area contributed by atoms with Crippen molar-refractivity contribution in [1.29, 1.82) is 0 Å². The van der Waals surface area contributed by atoms with Crippen molar-refractivity contribution in [2.45, 2.75) is 13.8 Å². The van der Waals surface area contributed by atoms with Crippen LogP contribution >= 0.6 is 15.9 Å². The number of hydrogen-bond donors (Lipinski definition) is 2. The van der Waals surface area contributed by atoms with Gasteiger partial charge in [-0.3, -0.25) is 0 Å². The van der Waals surface area contributed by atoms with Crippen LogP contribution in [0, 0.1) is 13.8 Å². The highest BCUT2D eigenvalue weighted by atomic mass is 79.9. The quantitative estimate of drug-likeness (QED) is 0.907. The highest BCUT2D eigenvalue weighted by molar-refractivity contribution is 9.10. The normalized spacial score (nSPS) is 10.3. The number of halogens is 1. The van der Waals surface area contributed by atoms with Crippen molar-refractivity contribution in [3.63, 3.8) is 0 Å². The van der Waals surface area contributed by atoms with E-state index in [1.165, 1.54) is 0 Å². The summed E-state index contributed by atoms with van der Waals surface area (Å²) in [7, 11) is 0. The Morgan fingerprint density at radius 2 is 2.00 bits per heavy atom. The van der Waals surface area contributed by atoms with Crippen molar-refractivity contribution in [1.82, 2.24) is 9.97 Å². The zero-order valence-electron chi connectivity index (χ0n) is 10.4. The molecule has 0 bridgehead atoms. The minimum atomic E-state index is -0.981. The molecule has 2 rings (SSSR count). The molecule has 0 radical (unpaired) electrons. The average Bonchev–Trinajstić information content (AvgIpc) is 2.30. The van der Waals surface area contributed by atoms with Gasteiger partial charge in [-0.1, -0.05) is 0 Å². The molecule has 0 spiro atoms. The Hall–Kier alpha value is -1.95. The van der Waals surface area contributed by atoms with Crippen LogP contribution in [-0.2, 0) is 0 Å². The van der Waals surface area contributed by atoms with Crippen LogP contribution < -0.4 is 5.32 Å². The van der Waals surface area contributed by atoms with Crippen LogP contribution in [0.25, 0.3) is 0 Å². The lowest BCUT2D eigenvalue weighted by Gasteiger charge is -2.08. The van der Waals surface area contributed by atoms with E-state index in [-0.39, 0.29) is 5.56 Å². The number of nitrogens with zero attached hydrogens (tertiary/aromatic N) is 2. The lowest BCUT2D eigenvalue weighted by Crippen LogP contribution is -2.02. The van der Waals surface area contributed by atoms with Crippen molar-refractivity contribution < 1.29 is 9.90 Å². The first-order chi connectivity index (χ1) is 8.95. The van der Waals surface area contributed by atoms with Crippen molar-refractivity contribution >= 4 is 33.4 Å². The fourth-order valence-corrected chi connectivity index (χ4v) is 2.11. The Labute approximate surface area is 118 Å². The number of benzene rings is 1. The molecule has 0 saturated carbocycles. The number of carboxylic acid groups (broad SMARTS) is 1. The highest BCUT2D eigenvalue weighted by Gasteiger charge is 2.09. The Morgan fingerprint density at radius 3 is 2.63 bits per heavy atom. The smallest absolute Gasteiger partial charge is 0.336 e. The third kappa shape index (κ3) is 3.29. The molecule has 5 nitrogen and oxygen atoms in total. The van der Waals surface area contributed by atoms with Gasteiger partial charge >= 0.3 is 5.97 Å². The van der Waals surface area contributed by atoms with E-state index >= 15 is 0 Å². The third-order valence-corrected chi connectivity index (χ3v) is 3.13. The number of hydrogen-bond acceptors (Lipinski definition) is 4. The van der Waals surface area contributed by atoms with Gasteiger partial charge in [-0.2, -0.15) is 0 Å². The number of aromatic nitrogens is 2. The predicted molar refractivity (Wildman–Crippen MR) is 75.9 cm³/mol. The number of nitrogens with one attached hydrogen (secondary N) is 1. The number of aromatic carboxylic acids is 1. The minimum Gasteiger partial charge on any atom is -0.478 e. The minimum absolute atomic E-state index is 0.201. The standard InChI is InChI=1S/C13H12BrN3O2/c1-7-5-12(16-8(2)15-7)17-9-3-4-11(14)10(6-9)13(18)19/h3-6H,1-2H3,(H,18,19)(H,15,16,17). The molecule has 1 aromatic heterocycles. The molecule has 0 atom stereocenters. The van der Waals surface area contributed by atoms with Gasteiger partial charge in [0.2, 0.25) is 0 Å². The lowest BCUT2D eigenvalue weighted by molar-refractivity contribution is 0.0696. The summed E-state index contributed by atoms with van der Waals surface area (Å²) in [5.74, 6) is 0.326. The summed E-state index contributed by atoms with van der Waals surface area (Å²) in [4.78, 5) is 19.5. The molecule has 2 aromatic rings. The van der Waals surface area contributed by atoms with E-state index in [4.69, 9.17) is 5.11 Å². The van der Waals surface area contributed by atoms with E-state index in [2.05, 4.69) is 31.2 Å². The molecular weight excluding hydrogens is 310 g/mol. The molecule has 0 fully saturated rings. The second kappa shape index (κ2) is 5.36. The molecule has 0 amide bonds. The van der Waals surface area contributed by atoms with E-state index in [9.17, 15) is 4.79 Å². The van der Waals surface area contributed by atoms with Crippen molar-refractivity contribution in [3.05, 3.63) is 45.8 Å². The molecule has 98 valence electrons. The van der Waals surface area contributed by atoms with E-state index in [1.54, 1.807) is 24.3 Å². The predicted octanol–water partition coefficient (Wildman–Crippen LogP) is 3.30. The van der Waals surface area contributed by atoms with Gasteiger partial charge in [0, 0.05) is 21.9 Å². The second-order valence-electron chi connectivity index (χ2n) is 4.07. The molecule has 0 aliphatic carbocycles. The molecule has 1 aromatic carbocycles. The zero-order valence-corrected chi connectivity index (χ0v) is 12.0. The van der Waals surface area contributed by atoms with Crippen LogP contribution in [-0.4, -0.2) is 21.0 Å². The first kappa shape index (κ1) is 13.5. The Balaban J connectivity index is 2.33. The number of aryl methyl sites for hydroxylation is 2. The topological polar surface area (TPSA) is 75.1 Å². The summed E-state index contributed by atoms with van der Waals surface area (Å²) in [5, 5.41) is 12.1. The third-order valence-electron chi connectivity index (χ3n) is 2.44. The molecule has 0 aliphatic rings. The van der Waals surface area contributed by atoms with Crippen molar-refractivity contribution in [3.8, 4) is 0 Å². The van der Waals surface area contributed by atoms with E-state index < -0.39 is 5.97 Å². The van der Waals surface area contributed by atoms with Crippen LogP contribution in [0.4, 0.5) is 11.5 Å². The fraction of sp³-hybridized carbons (Fsp3) is 0.154. The van der Waals surface area contributed by atoms with Gasteiger partial charge < -0.3 is 10.4 Å². The Bertz CT molecular complexity index is 624. The zero-order chi connectivity index (χ0) is 14.0. The van der Waals surface area contributed by atoms with Gasteiger partial charge in [-0.05, 0) is 48.0 Å². The number of rotatable bonds is 3. The highest BCUT2D eigenvalue weighted by Crippen LogP contribution is 2.23. The summed E-state index contributed by atoms with van der Waals surface area (Å²) in [6, 6.07) is 6.82. The Morgan fingerprint density at radius 1 is 1.26 bits per heavy atom. The SMILES string of the molecule is Cc1cc(Nc2ccc(Br)c(C(=O)O)c2)nc(C)n1. The fourth-order valence-electron chi connectivity index (χ4n) is 1.70. The molecular formula is C13H12BrN3O2. The second-order valence-corrected chi connectivity index (χ2v) is 4.92. The molecule has 0 saturated heterocycles. The molecule has 2 N–H and O–H groups in total. The van der Waals surface area contributed by atoms with Crippen molar-refractivity contribution in [2.75, 3.05) is 5.32 Å². The van der Waals surface area contributed by atoms with Crippen LogP contribution in [0.1, 0.15) is 21.9 Å². The first-order valence-electron chi connectivity index (χ1n) is 5.58. The summed E-state index contributed by atoms with van der Waals surface area (Å²) >= 11 is 3.21. The molecule has 6 heteroatoms. The van der Waals surface area contributed by atoms with Gasteiger partial charge in [0.25, 0.3) is 0 Å². The van der Waals surface area contributed by atoms with Gasteiger partial charge in [0.15, 0.2) is 0 Å². The van der Waals surface area contributed by atoms with Gasteiger partial charge in [-0.25, -0.2) is 14.8 Å². The number of carbonyl (C=O) groups is 1.